The summed E-state index contributed by atoms with van der Waals surface area (Å²) in [7, 11) is 0. The molecule has 0 bridgehead atoms. The monoisotopic (exact) mass is 360 g/mol. The first kappa shape index (κ1) is 17.5. The van der Waals surface area contributed by atoms with E-state index in [1.165, 1.54) is 5.56 Å². The summed E-state index contributed by atoms with van der Waals surface area (Å²) in [6.07, 6.45) is 4.78. The molecule has 0 saturated heterocycles. The molecule has 0 saturated carbocycles. The lowest BCUT2D eigenvalue weighted by Gasteiger charge is -2.09. The van der Waals surface area contributed by atoms with Gasteiger partial charge in [0.05, 0.1) is 16.7 Å². The van der Waals surface area contributed by atoms with Gasteiger partial charge in [0.25, 0.3) is 0 Å². The summed E-state index contributed by atoms with van der Waals surface area (Å²) >= 11 is 0. The molecule has 0 fully saturated rings. The third-order valence-corrected chi connectivity index (χ3v) is 5.34. The normalized spacial score (nSPS) is 12.6. The molecule has 4 aromatic rings. The van der Waals surface area contributed by atoms with Crippen molar-refractivity contribution in [2.45, 2.75) is 47.0 Å². The zero-order valence-corrected chi connectivity index (χ0v) is 16.4. The lowest BCUT2D eigenvalue weighted by atomic mass is 9.95. The van der Waals surface area contributed by atoms with Crippen LogP contribution in [0.4, 0.5) is 0 Å². The third kappa shape index (κ3) is 2.93. The minimum atomic E-state index is 0.378. The van der Waals surface area contributed by atoms with Crippen molar-refractivity contribution in [3.8, 4) is 22.3 Å². The summed E-state index contributed by atoms with van der Waals surface area (Å²) in [5.74, 6) is 2.22. The van der Waals surface area contributed by atoms with E-state index in [4.69, 9.17) is 9.51 Å². The Morgan fingerprint density at radius 2 is 1.96 bits per heavy atom. The summed E-state index contributed by atoms with van der Waals surface area (Å²) in [4.78, 5) is 12.8. The zero-order chi connectivity index (χ0) is 19.1. The Hall–Kier alpha value is -2.95. The van der Waals surface area contributed by atoms with Crippen molar-refractivity contribution in [3.63, 3.8) is 0 Å². The van der Waals surface area contributed by atoms with Crippen molar-refractivity contribution >= 4 is 11.0 Å². The molecular weight excluding hydrogens is 336 g/mol. The van der Waals surface area contributed by atoms with Gasteiger partial charge in [-0.25, -0.2) is 4.98 Å². The molecule has 1 aromatic carbocycles. The van der Waals surface area contributed by atoms with Gasteiger partial charge in [-0.3, -0.25) is 4.98 Å². The maximum atomic E-state index is 5.40. The zero-order valence-electron chi connectivity index (χ0n) is 16.4. The maximum Gasteiger partial charge on any atom is 0.141 e. The van der Waals surface area contributed by atoms with Crippen molar-refractivity contribution < 1.29 is 4.52 Å². The fourth-order valence-electron chi connectivity index (χ4n) is 3.55. The predicted molar refractivity (Wildman–Crippen MR) is 108 cm³/mol. The standard InChI is InChI=1S/C22H24N4O/c1-6-12(2)22-24-19-10-16(20-14(4)26-27-15(20)5)9-17(21(19)25-22)18-11-23-8-7-13(18)3/h7-12H,6H2,1-5H3,(H,24,25). The van der Waals surface area contributed by atoms with Crippen LogP contribution in [0.15, 0.2) is 35.1 Å². The smallest absolute Gasteiger partial charge is 0.141 e. The maximum absolute atomic E-state index is 5.40. The van der Waals surface area contributed by atoms with Gasteiger partial charge in [0.15, 0.2) is 0 Å². The highest BCUT2D eigenvalue weighted by atomic mass is 16.5. The van der Waals surface area contributed by atoms with E-state index in [0.717, 1.165) is 57.0 Å². The Labute approximate surface area is 158 Å². The SMILES string of the molecule is CCC(C)c1nc2c(-c3cnccc3C)cc(-c3c(C)noc3C)cc2[nH]1. The van der Waals surface area contributed by atoms with Crippen LogP contribution in [0.25, 0.3) is 33.3 Å². The van der Waals surface area contributed by atoms with Crippen molar-refractivity contribution in [1.82, 2.24) is 20.1 Å². The molecule has 27 heavy (non-hydrogen) atoms. The fraction of sp³-hybridized carbons (Fsp3) is 0.318. The van der Waals surface area contributed by atoms with E-state index in [0.29, 0.717) is 5.92 Å². The highest BCUT2D eigenvalue weighted by Gasteiger charge is 2.19. The number of benzene rings is 1. The molecule has 1 unspecified atom stereocenters. The van der Waals surface area contributed by atoms with Crippen molar-refractivity contribution in [1.29, 1.82) is 0 Å². The van der Waals surface area contributed by atoms with E-state index in [1.54, 1.807) is 0 Å². The van der Waals surface area contributed by atoms with Crippen LogP contribution in [0, 0.1) is 20.8 Å². The molecule has 0 aliphatic heterocycles. The number of nitrogens with one attached hydrogen (secondary N) is 1. The van der Waals surface area contributed by atoms with Gasteiger partial charge in [0, 0.05) is 35.0 Å². The molecule has 5 nitrogen and oxygen atoms in total. The number of hydrogen-bond donors (Lipinski definition) is 1. The van der Waals surface area contributed by atoms with Crippen LogP contribution in [-0.2, 0) is 0 Å². The molecule has 138 valence electrons. The van der Waals surface area contributed by atoms with Crippen LogP contribution in [0.3, 0.4) is 0 Å². The Morgan fingerprint density at radius 1 is 1.15 bits per heavy atom. The number of aromatic amines is 1. The molecule has 0 radical (unpaired) electrons. The second-order valence-corrected chi connectivity index (χ2v) is 7.24. The summed E-state index contributed by atoms with van der Waals surface area (Å²) < 4.78 is 5.40. The van der Waals surface area contributed by atoms with Crippen LogP contribution >= 0.6 is 0 Å². The van der Waals surface area contributed by atoms with Gasteiger partial charge in [-0.05, 0) is 56.5 Å². The average molecular weight is 360 g/mol. The first-order chi connectivity index (χ1) is 13.0. The molecule has 0 amide bonds. The van der Waals surface area contributed by atoms with Gasteiger partial charge in [0.1, 0.15) is 11.6 Å². The summed E-state index contributed by atoms with van der Waals surface area (Å²) in [6.45, 7) is 10.4. The summed E-state index contributed by atoms with van der Waals surface area (Å²) in [5.41, 5.74) is 8.38. The number of rotatable bonds is 4. The Balaban J connectivity index is 2.04. The lowest BCUT2D eigenvalue weighted by molar-refractivity contribution is 0.393. The fourth-order valence-corrected chi connectivity index (χ4v) is 3.55. The number of pyridine rings is 1. The van der Waals surface area contributed by atoms with E-state index in [9.17, 15) is 0 Å². The number of aryl methyl sites for hydroxylation is 3. The van der Waals surface area contributed by atoms with Crippen molar-refractivity contribution in [3.05, 3.63) is 53.4 Å². The van der Waals surface area contributed by atoms with Crippen LogP contribution in [0.1, 0.15) is 49.0 Å². The minimum Gasteiger partial charge on any atom is -0.361 e. The number of aromatic nitrogens is 4. The molecule has 3 heterocycles. The van der Waals surface area contributed by atoms with Gasteiger partial charge in [-0.15, -0.1) is 0 Å². The lowest BCUT2D eigenvalue weighted by Crippen LogP contribution is -1.93. The van der Waals surface area contributed by atoms with E-state index in [2.05, 4.69) is 48.0 Å². The Morgan fingerprint density at radius 3 is 2.63 bits per heavy atom. The number of hydrogen-bond acceptors (Lipinski definition) is 4. The summed E-state index contributed by atoms with van der Waals surface area (Å²) in [6, 6.07) is 6.36. The molecule has 1 atom stereocenters. The highest BCUT2D eigenvalue weighted by molar-refractivity contribution is 5.97. The molecule has 4 rings (SSSR count). The largest absolute Gasteiger partial charge is 0.361 e. The van der Waals surface area contributed by atoms with Crippen LogP contribution in [-0.4, -0.2) is 20.1 Å². The molecule has 5 heteroatoms. The predicted octanol–water partition coefficient (Wildman–Crippen LogP) is 5.72. The molecule has 0 aliphatic carbocycles. The second kappa shape index (κ2) is 6.65. The van der Waals surface area contributed by atoms with Gasteiger partial charge >= 0.3 is 0 Å². The minimum absolute atomic E-state index is 0.378. The van der Waals surface area contributed by atoms with Gasteiger partial charge in [-0.1, -0.05) is 19.0 Å². The second-order valence-electron chi connectivity index (χ2n) is 7.24. The Kier molecular flexibility index (Phi) is 4.30. The van der Waals surface area contributed by atoms with Crippen molar-refractivity contribution in [2.75, 3.05) is 0 Å². The molecule has 3 aromatic heterocycles. The van der Waals surface area contributed by atoms with Gasteiger partial charge in [-0.2, -0.15) is 0 Å². The van der Waals surface area contributed by atoms with Crippen LogP contribution in [0.5, 0.6) is 0 Å². The highest BCUT2D eigenvalue weighted by Crippen LogP contribution is 2.37. The number of fused-ring (bicyclic) bond motifs is 1. The molecular formula is C22H24N4O. The van der Waals surface area contributed by atoms with Gasteiger partial charge in [0.2, 0.25) is 0 Å². The van der Waals surface area contributed by atoms with E-state index >= 15 is 0 Å². The van der Waals surface area contributed by atoms with Gasteiger partial charge < -0.3 is 9.51 Å². The number of imidazole rings is 1. The number of H-pyrrole nitrogens is 1. The van der Waals surface area contributed by atoms with E-state index < -0.39 is 0 Å². The van der Waals surface area contributed by atoms with Crippen LogP contribution < -0.4 is 0 Å². The number of nitrogens with zero attached hydrogens (tertiary/aromatic N) is 3. The first-order valence-electron chi connectivity index (χ1n) is 9.37. The molecule has 1 N–H and O–H groups in total. The quantitative estimate of drug-likeness (QED) is 0.505. The van der Waals surface area contributed by atoms with Crippen molar-refractivity contribution in [2.24, 2.45) is 0 Å². The average Bonchev–Trinajstić information content (AvgIpc) is 3.24. The molecule has 0 spiro atoms. The van der Waals surface area contributed by atoms with E-state index in [-0.39, 0.29) is 0 Å². The van der Waals surface area contributed by atoms with E-state index in [1.807, 2.05) is 32.3 Å². The Bertz CT molecular complexity index is 1100. The topological polar surface area (TPSA) is 67.6 Å². The summed E-state index contributed by atoms with van der Waals surface area (Å²) in [5, 5.41) is 4.13. The molecule has 0 aliphatic rings. The van der Waals surface area contributed by atoms with Crippen LogP contribution in [0.2, 0.25) is 0 Å². The first-order valence-corrected chi connectivity index (χ1v) is 9.37. The third-order valence-electron chi connectivity index (χ3n) is 5.34.